The van der Waals surface area contributed by atoms with E-state index >= 15 is 0 Å². The second-order valence-electron chi connectivity index (χ2n) is 7.16. The summed E-state index contributed by atoms with van der Waals surface area (Å²) in [5.74, 6) is -0.619. The molecule has 1 saturated heterocycles. The van der Waals surface area contributed by atoms with Crippen LogP contribution in [0, 0.1) is 6.92 Å². The standard InChI is InChI=1S/C22H26N2O7S/c1-16-7-8-18(32(27,28)24-9-11-30-12-10-24)13-19(16)22(26)31-15-21(25)23-14-17-5-3-4-6-20(17)29-2/h3-8,13H,9-12,14-15H2,1-2H3,(H,23,25). The zero-order valence-corrected chi connectivity index (χ0v) is 18.8. The molecule has 0 aliphatic carbocycles. The first kappa shape index (κ1) is 23.7. The van der Waals surface area contributed by atoms with E-state index in [0.717, 1.165) is 5.56 Å². The highest BCUT2D eigenvalue weighted by atomic mass is 32.2. The fourth-order valence-electron chi connectivity index (χ4n) is 3.22. The largest absolute Gasteiger partial charge is 0.496 e. The Balaban J connectivity index is 1.62. The van der Waals surface area contributed by atoms with Crippen LogP contribution in [-0.4, -0.2) is 64.6 Å². The Labute approximate surface area is 187 Å². The number of nitrogens with one attached hydrogen (secondary N) is 1. The lowest BCUT2D eigenvalue weighted by atomic mass is 10.1. The fourth-order valence-corrected chi connectivity index (χ4v) is 4.65. The molecule has 1 heterocycles. The molecule has 2 aromatic carbocycles. The SMILES string of the molecule is COc1ccccc1CNC(=O)COC(=O)c1cc(S(=O)(=O)N2CCOCC2)ccc1C. The van der Waals surface area contributed by atoms with Crippen molar-refractivity contribution in [1.29, 1.82) is 0 Å². The quantitative estimate of drug-likeness (QED) is 0.592. The van der Waals surface area contributed by atoms with Crippen molar-refractivity contribution in [2.45, 2.75) is 18.4 Å². The van der Waals surface area contributed by atoms with Gasteiger partial charge in [-0.3, -0.25) is 4.79 Å². The van der Waals surface area contributed by atoms with Crippen LogP contribution in [0.15, 0.2) is 47.4 Å². The van der Waals surface area contributed by atoms with E-state index in [0.29, 0.717) is 24.5 Å². The van der Waals surface area contributed by atoms with E-state index in [4.69, 9.17) is 14.2 Å². The molecule has 0 aromatic heterocycles. The molecule has 0 spiro atoms. The van der Waals surface area contributed by atoms with Gasteiger partial charge in [0.25, 0.3) is 5.91 Å². The summed E-state index contributed by atoms with van der Waals surface area (Å²) in [5.41, 5.74) is 1.42. The van der Waals surface area contributed by atoms with Crippen LogP contribution in [-0.2, 0) is 30.8 Å². The van der Waals surface area contributed by atoms with Crippen LogP contribution < -0.4 is 10.1 Å². The van der Waals surface area contributed by atoms with Gasteiger partial charge < -0.3 is 19.5 Å². The number of benzene rings is 2. The molecule has 10 heteroatoms. The minimum atomic E-state index is -3.76. The van der Waals surface area contributed by atoms with Gasteiger partial charge in [-0.05, 0) is 30.7 Å². The van der Waals surface area contributed by atoms with Crippen molar-refractivity contribution in [3.8, 4) is 5.75 Å². The van der Waals surface area contributed by atoms with Crippen LogP contribution >= 0.6 is 0 Å². The number of nitrogens with zero attached hydrogens (tertiary/aromatic N) is 1. The molecule has 0 unspecified atom stereocenters. The first-order valence-electron chi connectivity index (χ1n) is 10.1. The smallest absolute Gasteiger partial charge is 0.338 e. The highest BCUT2D eigenvalue weighted by Gasteiger charge is 2.27. The molecule has 1 aliphatic heterocycles. The Morgan fingerprint density at radius 1 is 1.12 bits per heavy atom. The Bertz CT molecular complexity index is 1080. The Kier molecular flexibility index (Phi) is 7.84. The highest BCUT2D eigenvalue weighted by molar-refractivity contribution is 7.89. The van der Waals surface area contributed by atoms with Gasteiger partial charge in [-0.15, -0.1) is 0 Å². The first-order valence-corrected chi connectivity index (χ1v) is 11.5. The van der Waals surface area contributed by atoms with Gasteiger partial charge in [0.15, 0.2) is 6.61 Å². The average Bonchev–Trinajstić information content (AvgIpc) is 2.82. The van der Waals surface area contributed by atoms with E-state index in [2.05, 4.69) is 5.32 Å². The highest BCUT2D eigenvalue weighted by Crippen LogP contribution is 2.21. The number of aryl methyl sites for hydroxylation is 1. The number of hydrogen-bond donors (Lipinski definition) is 1. The van der Waals surface area contributed by atoms with Crippen molar-refractivity contribution in [3.05, 3.63) is 59.2 Å². The summed E-state index contributed by atoms with van der Waals surface area (Å²) in [4.78, 5) is 24.7. The predicted molar refractivity (Wildman–Crippen MR) is 116 cm³/mol. The van der Waals surface area contributed by atoms with E-state index in [9.17, 15) is 18.0 Å². The second-order valence-corrected chi connectivity index (χ2v) is 9.10. The summed E-state index contributed by atoms with van der Waals surface area (Å²) in [5, 5.41) is 2.66. The van der Waals surface area contributed by atoms with Gasteiger partial charge in [-0.25, -0.2) is 13.2 Å². The molecule has 172 valence electrons. The lowest BCUT2D eigenvalue weighted by molar-refractivity contribution is -0.124. The lowest BCUT2D eigenvalue weighted by Crippen LogP contribution is -2.40. The number of carbonyl (C=O) groups is 2. The van der Waals surface area contributed by atoms with Crippen LogP contribution in [0.4, 0.5) is 0 Å². The maximum atomic E-state index is 12.9. The van der Waals surface area contributed by atoms with Gasteiger partial charge in [0.2, 0.25) is 10.0 Å². The molecule has 0 radical (unpaired) electrons. The molecule has 1 aliphatic rings. The summed E-state index contributed by atoms with van der Waals surface area (Å²) in [7, 11) is -2.22. The number of rotatable bonds is 8. The molecule has 0 bridgehead atoms. The van der Waals surface area contributed by atoms with Crippen LogP contribution in [0.3, 0.4) is 0 Å². The van der Waals surface area contributed by atoms with E-state index in [1.807, 2.05) is 18.2 Å². The third-order valence-corrected chi connectivity index (χ3v) is 6.93. The third-order valence-electron chi connectivity index (χ3n) is 5.04. The normalized spacial score (nSPS) is 14.6. The number of hydrogen-bond acceptors (Lipinski definition) is 7. The number of ether oxygens (including phenoxy) is 3. The van der Waals surface area contributed by atoms with Crippen molar-refractivity contribution in [1.82, 2.24) is 9.62 Å². The van der Waals surface area contributed by atoms with Crippen molar-refractivity contribution in [2.75, 3.05) is 40.0 Å². The van der Waals surface area contributed by atoms with Crippen molar-refractivity contribution in [2.24, 2.45) is 0 Å². The summed E-state index contributed by atoms with van der Waals surface area (Å²) in [6.45, 7) is 2.54. The van der Waals surface area contributed by atoms with Crippen LogP contribution in [0.2, 0.25) is 0 Å². The number of esters is 1. The lowest BCUT2D eigenvalue weighted by Gasteiger charge is -2.26. The van der Waals surface area contributed by atoms with Gasteiger partial charge in [0.05, 0.1) is 30.8 Å². The molecular formula is C22H26N2O7S. The zero-order valence-electron chi connectivity index (χ0n) is 18.0. The van der Waals surface area contributed by atoms with E-state index in [-0.39, 0.29) is 30.1 Å². The minimum absolute atomic E-state index is 0.00225. The number of morpholine rings is 1. The Morgan fingerprint density at radius 3 is 2.56 bits per heavy atom. The number of carbonyl (C=O) groups excluding carboxylic acids is 2. The molecule has 9 nitrogen and oxygen atoms in total. The third kappa shape index (κ3) is 5.64. The van der Waals surface area contributed by atoms with Crippen molar-refractivity contribution >= 4 is 21.9 Å². The monoisotopic (exact) mass is 462 g/mol. The van der Waals surface area contributed by atoms with Crippen molar-refractivity contribution < 1.29 is 32.2 Å². The maximum absolute atomic E-state index is 12.9. The zero-order chi connectivity index (χ0) is 23.1. The molecule has 32 heavy (non-hydrogen) atoms. The molecule has 0 atom stereocenters. The summed E-state index contributed by atoms with van der Waals surface area (Å²) >= 11 is 0. The number of sulfonamides is 1. The minimum Gasteiger partial charge on any atom is -0.496 e. The Hall–Kier alpha value is -2.95. The van der Waals surface area contributed by atoms with E-state index in [1.165, 1.54) is 23.5 Å². The second kappa shape index (κ2) is 10.6. The summed E-state index contributed by atoms with van der Waals surface area (Å²) in [6.07, 6.45) is 0. The van der Waals surface area contributed by atoms with Gasteiger partial charge >= 0.3 is 5.97 Å². The Morgan fingerprint density at radius 2 is 1.84 bits per heavy atom. The number of methoxy groups -OCH3 is 1. The molecule has 1 amide bonds. The van der Waals surface area contributed by atoms with Gasteiger partial charge in [0.1, 0.15) is 5.75 Å². The molecule has 1 N–H and O–H groups in total. The topological polar surface area (TPSA) is 111 Å². The molecule has 2 aromatic rings. The molecule has 3 rings (SSSR count). The first-order chi connectivity index (χ1) is 15.3. The van der Waals surface area contributed by atoms with Gasteiger partial charge in [-0.1, -0.05) is 24.3 Å². The van der Waals surface area contributed by atoms with Crippen LogP contribution in [0.5, 0.6) is 5.75 Å². The fraction of sp³-hybridized carbons (Fsp3) is 0.364. The predicted octanol–water partition coefficient (Wildman–Crippen LogP) is 1.50. The number of amides is 1. The van der Waals surface area contributed by atoms with E-state index < -0.39 is 28.5 Å². The molecular weight excluding hydrogens is 436 g/mol. The van der Waals surface area contributed by atoms with E-state index in [1.54, 1.807) is 19.1 Å². The molecule has 0 saturated carbocycles. The van der Waals surface area contributed by atoms with Gasteiger partial charge in [0, 0.05) is 25.2 Å². The van der Waals surface area contributed by atoms with Crippen LogP contribution in [0.1, 0.15) is 21.5 Å². The van der Waals surface area contributed by atoms with Gasteiger partial charge in [-0.2, -0.15) is 4.31 Å². The summed E-state index contributed by atoms with van der Waals surface area (Å²) < 4.78 is 42.6. The maximum Gasteiger partial charge on any atom is 0.338 e. The summed E-state index contributed by atoms with van der Waals surface area (Å²) in [6, 6.07) is 11.5. The molecule has 1 fully saturated rings. The van der Waals surface area contributed by atoms with Crippen LogP contribution in [0.25, 0.3) is 0 Å². The number of para-hydroxylation sites is 1. The average molecular weight is 463 g/mol. The van der Waals surface area contributed by atoms with Crippen molar-refractivity contribution in [3.63, 3.8) is 0 Å².